The van der Waals surface area contributed by atoms with Crippen LogP contribution in [-0.2, 0) is 4.79 Å². The fourth-order valence-corrected chi connectivity index (χ4v) is 0.750. The Morgan fingerprint density at radius 1 is 1.58 bits per heavy atom. The molecule has 0 aliphatic heterocycles. The first-order valence-electron chi connectivity index (χ1n) is 3.98. The predicted molar refractivity (Wildman–Crippen MR) is 50.7 cm³/mol. The van der Waals surface area contributed by atoms with Crippen LogP contribution in [0.4, 0.5) is 0 Å². The molecule has 1 N–H and O–H groups in total. The molecule has 12 heavy (non-hydrogen) atoms. The molecule has 0 heterocycles. The van der Waals surface area contributed by atoms with Crippen LogP contribution in [-0.4, -0.2) is 30.3 Å². The van der Waals surface area contributed by atoms with E-state index in [1.165, 1.54) is 0 Å². The summed E-state index contributed by atoms with van der Waals surface area (Å²) in [6, 6.07) is 0. The van der Waals surface area contributed by atoms with Crippen LogP contribution in [0.15, 0.2) is 12.4 Å². The minimum Gasteiger partial charge on any atom is -0.368 e. The minimum absolute atomic E-state index is 0.00573. The second kappa shape index (κ2) is 4.14. The number of carbonyl (C=O) groups excluding carboxylic acids is 1. The highest BCUT2D eigenvalue weighted by molar-refractivity contribution is 5.52. The molecule has 0 unspecified atom stereocenters. The first kappa shape index (κ1) is 11.0. The largest absolute Gasteiger partial charge is 0.368 e. The summed E-state index contributed by atoms with van der Waals surface area (Å²) in [6.07, 6.45) is 0.857. The van der Waals surface area contributed by atoms with Crippen LogP contribution in [0, 0.1) is 0 Å². The Bertz CT molecular complexity index is 170. The van der Waals surface area contributed by atoms with E-state index in [4.69, 9.17) is 0 Å². The molecule has 0 aromatic rings. The van der Waals surface area contributed by atoms with Gasteiger partial charge in [-0.3, -0.25) is 0 Å². The minimum atomic E-state index is -0.00573. The standard InChI is InChI=1S/C9H18N2O/c1-8(10-9(2,3)4)11(5)6-7-12/h7,10H,1,6H2,2-5H3. The number of rotatable bonds is 4. The molecule has 0 fully saturated rings. The zero-order valence-electron chi connectivity index (χ0n) is 8.35. The molecule has 0 spiro atoms. The Morgan fingerprint density at radius 3 is 2.42 bits per heavy atom. The first-order chi connectivity index (χ1) is 5.37. The van der Waals surface area contributed by atoms with E-state index in [2.05, 4.69) is 11.9 Å². The number of carbonyl (C=O) groups is 1. The predicted octanol–water partition coefficient (Wildman–Crippen LogP) is 0.976. The topological polar surface area (TPSA) is 32.3 Å². The van der Waals surface area contributed by atoms with Crippen LogP contribution in [0.3, 0.4) is 0 Å². The van der Waals surface area contributed by atoms with Gasteiger partial charge in [-0.1, -0.05) is 6.58 Å². The molecule has 0 rings (SSSR count). The monoisotopic (exact) mass is 170 g/mol. The van der Waals surface area contributed by atoms with Gasteiger partial charge in [0.15, 0.2) is 0 Å². The zero-order chi connectivity index (χ0) is 9.78. The van der Waals surface area contributed by atoms with Crippen molar-refractivity contribution in [3.63, 3.8) is 0 Å². The Labute approximate surface area is 74.4 Å². The Balaban J connectivity index is 3.95. The highest BCUT2D eigenvalue weighted by Crippen LogP contribution is 2.03. The van der Waals surface area contributed by atoms with E-state index < -0.39 is 0 Å². The van der Waals surface area contributed by atoms with Gasteiger partial charge >= 0.3 is 0 Å². The molecule has 0 aliphatic carbocycles. The van der Waals surface area contributed by atoms with E-state index in [1.54, 1.807) is 4.90 Å². The summed E-state index contributed by atoms with van der Waals surface area (Å²) in [6.45, 7) is 10.3. The summed E-state index contributed by atoms with van der Waals surface area (Å²) in [4.78, 5) is 12.0. The highest BCUT2D eigenvalue weighted by atomic mass is 16.1. The number of likely N-dealkylation sites (N-methyl/N-ethyl adjacent to an activating group) is 1. The highest BCUT2D eigenvalue weighted by Gasteiger charge is 2.11. The second-order valence-electron chi connectivity index (χ2n) is 3.87. The van der Waals surface area contributed by atoms with Gasteiger partial charge in [0.1, 0.15) is 6.29 Å². The molecule has 3 nitrogen and oxygen atoms in total. The molecular formula is C9H18N2O. The fraction of sp³-hybridized carbons (Fsp3) is 0.667. The number of nitrogens with zero attached hydrogens (tertiary/aromatic N) is 1. The molecule has 3 heteroatoms. The Morgan fingerprint density at radius 2 is 2.08 bits per heavy atom. The summed E-state index contributed by atoms with van der Waals surface area (Å²) >= 11 is 0. The van der Waals surface area contributed by atoms with Gasteiger partial charge in [0.2, 0.25) is 0 Å². The SMILES string of the molecule is C=C(NC(C)(C)C)N(C)CC=O. The molecular weight excluding hydrogens is 152 g/mol. The smallest absolute Gasteiger partial charge is 0.139 e. The lowest BCUT2D eigenvalue weighted by molar-refractivity contribution is -0.108. The first-order valence-corrected chi connectivity index (χ1v) is 3.98. The van der Waals surface area contributed by atoms with Gasteiger partial charge in [-0.25, -0.2) is 0 Å². The average molecular weight is 170 g/mol. The van der Waals surface area contributed by atoms with Crippen LogP contribution in [0.5, 0.6) is 0 Å². The molecule has 0 aromatic carbocycles. The van der Waals surface area contributed by atoms with Gasteiger partial charge in [-0.15, -0.1) is 0 Å². The van der Waals surface area contributed by atoms with Crippen LogP contribution >= 0.6 is 0 Å². The molecule has 0 saturated carbocycles. The van der Waals surface area contributed by atoms with Crippen molar-refractivity contribution in [2.24, 2.45) is 0 Å². The molecule has 0 atom stereocenters. The van der Waals surface area contributed by atoms with Gasteiger partial charge in [-0.2, -0.15) is 0 Å². The van der Waals surface area contributed by atoms with Crippen LogP contribution in [0.1, 0.15) is 20.8 Å². The lowest BCUT2D eigenvalue weighted by Gasteiger charge is -2.28. The van der Waals surface area contributed by atoms with Gasteiger partial charge in [-0.05, 0) is 20.8 Å². The zero-order valence-corrected chi connectivity index (χ0v) is 8.35. The van der Waals surface area contributed by atoms with E-state index in [-0.39, 0.29) is 5.54 Å². The molecule has 0 radical (unpaired) electrons. The maximum absolute atomic E-state index is 10.2. The maximum atomic E-state index is 10.2. The van der Waals surface area contributed by atoms with Crippen molar-refractivity contribution in [2.75, 3.05) is 13.6 Å². The van der Waals surface area contributed by atoms with Crippen LogP contribution in [0.25, 0.3) is 0 Å². The molecule has 0 aliphatic rings. The van der Waals surface area contributed by atoms with E-state index in [0.29, 0.717) is 6.54 Å². The lowest BCUT2D eigenvalue weighted by Crippen LogP contribution is -2.40. The van der Waals surface area contributed by atoms with Crippen LogP contribution < -0.4 is 5.32 Å². The third-order valence-electron chi connectivity index (χ3n) is 1.33. The van der Waals surface area contributed by atoms with E-state index in [0.717, 1.165) is 12.1 Å². The summed E-state index contributed by atoms with van der Waals surface area (Å²) < 4.78 is 0. The normalized spacial score (nSPS) is 10.7. The molecule has 0 aromatic heterocycles. The summed E-state index contributed by atoms with van der Waals surface area (Å²) in [5.41, 5.74) is -0.00573. The van der Waals surface area contributed by atoms with Gasteiger partial charge < -0.3 is 15.0 Å². The quantitative estimate of drug-likeness (QED) is 0.638. The molecule has 70 valence electrons. The third-order valence-corrected chi connectivity index (χ3v) is 1.33. The fourth-order valence-electron chi connectivity index (χ4n) is 0.750. The summed E-state index contributed by atoms with van der Waals surface area (Å²) in [7, 11) is 1.83. The van der Waals surface area contributed by atoms with E-state index in [9.17, 15) is 4.79 Å². The maximum Gasteiger partial charge on any atom is 0.139 e. The van der Waals surface area contributed by atoms with E-state index >= 15 is 0 Å². The van der Waals surface area contributed by atoms with Gasteiger partial charge in [0.05, 0.1) is 12.4 Å². The third kappa shape index (κ3) is 4.77. The Kier molecular flexibility index (Phi) is 3.80. The van der Waals surface area contributed by atoms with Crippen LogP contribution in [0.2, 0.25) is 0 Å². The van der Waals surface area contributed by atoms with Crippen molar-refractivity contribution < 1.29 is 4.79 Å². The molecule has 0 bridgehead atoms. The van der Waals surface area contributed by atoms with Crippen molar-refractivity contribution in [3.8, 4) is 0 Å². The van der Waals surface area contributed by atoms with Gasteiger partial charge in [0.25, 0.3) is 0 Å². The average Bonchev–Trinajstić information content (AvgIpc) is 1.84. The number of nitrogens with one attached hydrogen (secondary N) is 1. The molecule has 0 amide bonds. The lowest BCUT2D eigenvalue weighted by atomic mass is 10.1. The Hall–Kier alpha value is -0.990. The second-order valence-corrected chi connectivity index (χ2v) is 3.87. The number of hydrogen-bond acceptors (Lipinski definition) is 3. The van der Waals surface area contributed by atoms with Gasteiger partial charge in [0, 0.05) is 12.6 Å². The van der Waals surface area contributed by atoms with Crippen molar-refractivity contribution in [1.82, 2.24) is 10.2 Å². The summed E-state index contributed by atoms with van der Waals surface area (Å²) in [5, 5.41) is 3.18. The van der Waals surface area contributed by atoms with Crippen molar-refractivity contribution in [3.05, 3.63) is 12.4 Å². The number of hydrogen-bond donors (Lipinski definition) is 1. The van der Waals surface area contributed by atoms with Crippen molar-refractivity contribution in [1.29, 1.82) is 0 Å². The summed E-state index contributed by atoms with van der Waals surface area (Å²) in [5.74, 6) is 0.773. The van der Waals surface area contributed by atoms with E-state index in [1.807, 2.05) is 27.8 Å². The van der Waals surface area contributed by atoms with Crippen molar-refractivity contribution >= 4 is 6.29 Å². The molecule has 0 saturated heterocycles. The number of aldehydes is 1. The van der Waals surface area contributed by atoms with Crippen molar-refractivity contribution in [2.45, 2.75) is 26.3 Å².